The molecule has 0 aliphatic carbocycles. The zero-order valence-corrected chi connectivity index (χ0v) is 10.8. The predicted molar refractivity (Wildman–Crippen MR) is 68.7 cm³/mol. The average Bonchev–Trinajstić information content (AvgIpc) is 2.32. The fraction of sp³-hybridized carbons (Fsp3) is 0.0714. The van der Waals surface area contributed by atoms with Gasteiger partial charge in [0.1, 0.15) is 5.82 Å². The van der Waals surface area contributed by atoms with E-state index in [0.717, 1.165) is 5.56 Å². The molecule has 0 bridgehead atoms. The highest BCUT2D eigenvalue weighted by Crippen LogP contribution is 2.21. The fourth-order valence-electron chi connectivity index (χ4n) is 1.53. The number of benzene rings is 2. The van der Waals surface area contributed by atoms with Gasteiger partial charge in [0.25, 0.3) is 0 Å². The molecule has 0 aliphatic heterocycles. The van der Waals surface area contributed by atoms with Crippen molar-refractivity contribution in [1.29, 1.82) is 0 Å². The molecule has 86 valence electrons. The van der Waals surface area contributed by atoms with Gasteiger partial charge in [-0.3, -0.25) is 4.79 Å². The van der Waals surface area contributed by atoms with E-state index in [0.29, 0.717) is 15.6 Å². The minimum Gasteiger partial charge on any atom is -0.289 e. The van der Waals surface area contributed by atoms with Crippen LogP contribution >= 0.6 is 15.9 Å². The number of hydrogen-bond donors (Lipinski definition) is 0. The number of hydrogen-bond acceptors (Lipinski definition) is 1. The van der Waals surface area contributed by atoms with Crippen molar-refractivity contribution in [2.75, 3.05) is 0 Å². The van der Waals surface area contributed by atoms with E-state index in [9.17, 15) is 9.18 Å². The highest BCUT2D eigenvalue weighted by Gasteiger charge is 2.13. The molecule has 0 heterocycles. The van der Waals surface area contributed by atoms with Gasteiger partial charge in [0.2, 0.25) is 0 Å². The van der Waals surface area contributed by atoms with Crippen molar-refractivity contribution in [2.45, 2.75) is 6.92 Å². The molecule has 0 spiro atoms. The van der Waals surface area contributed by atoms with Gasteiger partial charge in [-0.25, -0.2) is 4.39 Å². The fourth-order valence-corrected chi connectivity index (χ4v) is 1.96. The Hall–Kier alpha value is -1.48. The van der Waals surface area contributed by atoms with Crippen LogP contribution in [0.5, 0.6) is 0 Å². The topological polar surface area (TPSA) is 17.1 Å². The van der Waals surface area contributed by atoms with Crippen LogP contribution in [0.3, 0.4) is 0 Å². The van der Waals surface area contributed by atoms with E-state index in [4.69, 9.17) is 0 Å². The molecule has 17 heavy (non-hydrogen) atoms. The molecule has 0 unspecified atom stereocenters. The van der Waals surface area contributed by atoms with Crippen LogP contribution in [-0.2, 0) is 0 Å². The molecule has 3 heteroatoms. The van der Waals surface area contributed by atoms with Gasteiger partial charge >= 0.3 is 0 Å². The number of carbonyl (C=O) groups is 1. The van der Waals surface area contributed by atoms with Gasteiger partial charge in [0.05, 0.1) is 0 Å². The second-order valence-corrected chi connectivity index (χ2v) is 4.67. The number of rotatable bonds is 2. The Morgan fingerprint density at radius 1 is 1.12 bits per heavy atom. The molecule has 0 fully saturated rings. The maximum Gasteiger partial charge on any atom is 0.194 e. The van der Waals surface area contributed by atoms with Crippen LogP contribution in [-0.4, -0.2) is 5.78 Å². The summed E-state index contributed by atoms with van der Waals surface area (Å²) < 4.78 is 13.7. The summed E-state index contributed by atoms with van der Waals surface area (Å²) in [6.07, 6.45) is 0. The van der Waals surface area contributed by atoms with E-state index in [1.807, 2.05) is 19.1 Å². The summed E-state index contributed by atoms with van der Waals surface area (Å²) in [6.45, 7) is 1.95. The van der Waals surface area contributed by atoms with E-state index in [2.05, 4.69) is 15.9 Å². The zero-order valence-electron chi connectivity index (χ0n) is 9.21. The van der Waals surface area contributed by atoms with Crippen molar-refractivity contribution in [3.63, 3.8) is 0 Å². The molecule has 0 aromatic heterocycles. The summed E-state index contributed by atoms with van der Waals surface area (Å²) in [4.78, 5) is 12.1. The first-order valence-electron chi connectivity index (χ1n) is 5.14. The molecule has 2 rings (SSSR count). The van der Waals surface area contributed by atoms with Crippen LogP contribution in [0.25, 0.3) is 0 Å². The van der Waals surface area contributed by atoms with E-state index < -0.39 is 5.82 Å². The maximum absolute atomic E-state index is 13.1. The van der Waals surface area contributed by atoms with Crippen LogP contribution in [0.1, 0.15) is 21.5 Å². The molecule has 2 aromatic rings. The lowest BCUT2D eigenvalue weighted by Crippen LogP contribution is -2.02. The molecular weight excluding hydrogens is 283 g/mol. The third-order valence-electron chi connectivity index (χ3n) is 2.49. The first-order valence-corrected chi connectivity index (χ1v) is 5.93. The normalized spacial score (nSPS) is 10.3. The van der Waals surface area contributed by atoms with Crippen molar-refractivity contribution in [3.05, 3.63) is 69.4 Å². The molecule has 0 saturated heterocycles. The lowest BCUT2D eigenvalue weighted by Gasteiger charge is -2.04. The molecule has 2 aromatic carbocycles. The van der Waals surface area contributed by atoms with Crippen LogP contribution in [0.4, 0.5) is 4.39 Å². The van der Waals surface area contributed by atoms with Crippen molar-refractivity contribution >= 4 is 21.7 Å². The lowest BCUT2D eigenvalue weighted by molar-refractivity contribution is 0.103. The standard InChI is InChI=1S/C14H10BrFO/c1-9-2-4-10(5-3-9)14(17)12-8-11(16)6-7-13(12)15/h2-8H,1H3. The highest BCUT2D eigenvalue weighted by molar-refractivity contribution is 9.10. The quantitative estimate of drug-likeness (QED) is 0.761. The third kappa shape index (κ3) is 2.61. The van der Waals surface area contributed by atoms with Gasteiger partial charge in [0, 0.05) is 15.6 Å². The molecule has 0 atom stereocenters. The molecule has 0 N–H and O–H groups in total. The van der Waals surface area contributed by atoms with Gasteiger partial charge in [-0.15, -0.1) is 0 Å². The Morgan fingerprint density at radius 3 is 2.41 bits per heavy atom. The summed E-state index contributed by atoms with van der Waals surface area (Å²) in [5, 5.41) is 0. The SMILES string of the molecule is Cc1ccc(C(=O)c2cc(F)ccc2Br)cc1. The Balaban J connectivity index is 2.43. The number of carbonyl (C=O) groups excluding carboxylic acids is 1. The first-order chi connectivity index (χ1) is 8.08. The van der Waals surface area contributed by atoms with Gasteiger partial charge < -0.3 is 0 Å². The lowest BCUT2D eigenvalue weighted by atomic mass is 10.0. The number of ketones is 1. The van der Waals surface area contributed by atoms with Gasteiger partial charge in [-0.1, -0.05) is 45.8 Å². The predicted octanol–water partition coefficient (Wildman–Crippen LogP) is 4.13. The summed E-state index contributed by atoms with van der Waals surface area (Å²) in [5.74, 6) is -0.597. The van der Waals surface area contributed by atoms with Crippen molar-refractivity contribution in [2.24, 2.45) is 0 Å². The monoisotopic (exact) mass is 292 g/mol. The highest BCUT2D eigenvalue weighted by atomic mass is 79.9. The second-order valence-electron chi connectivity index (χ2n) is 3.82. The Morgan fingerprint density at radius 2 is 1.76 bits per heavy atom. The number of aryl methyl sites for hydroxylation is 1. The van der Waals surface area contributed by atoms with Crippen molar-refractivity contribution < 1.29 is 9.18 Å². The minimum absolute atomic E-state index is 0.184. The van der Waals surface area contributed by atoms with Crippen LogP contribution in [0.2, 0.25) is 0 Å². The van der Waals surface area contributed by atoms with E-state index in [1.165, 1.54) is 18.2 Å². The zero-order chi connectivity index (χ0) is 12.4. The first kappa shape index (κ1) is 12.0. The van der Waals surface area contributed by atoms with E-state index >= 15 is 0 Å². The minimum atomic E-state index is -0.413. The second kappa shape index (κ2) is 4.80. The van der Waals surface area contributed by atoms with Crippen LogP contribution in [0.15, 0.2) is 46.9 Å². The van der Waals surface area contributed by atoms with E-state index in [1.54, 1.807) is 12.1 Å². The number of halogens is 2. The van der Waals surface area contributed by atoms with Crippen molar-refractivity contribution in [3.8, 4) is 0 Å². The molecule has 0 amide bonds. The third-order valence-corrected chi connectivity index (χ3v) is 3.18. The molecule has 0 saturated carbocycles. The van der Waals surface area contributed by atoms with E-state index in [-0.39, 0.29) is 5.78 Å². The molecule has 1 nitrogen and oxygen atoms in total. The summed E-state index contributed by atoms with van der Waals surface area (Å²) in [5.41, 5.74) is 1.98. The van der Waals surface area contributed by atoms with Gasteiger partial charge in [0.15, 0.2) is 5.78 Å². The Bertz CT molecular complexity index is 561. The molecule has 0 radical (unpaired) electrons. The maximum atomic E-state index is 13.1. The van der Waals surface area contributed by atoms with Gasteiger partial charge in [-0.05, 0) is 25.1 Å². The summed E-state index contributed by atoms with van der Waals surface area (Å²) in [7, 11) is 0. The molecule has 0 aliphatic rings. The van der Waals surface area contributed by atoms with Gasteiger partial charge in [-0.2, -0.15) is 0 Å². The van der Waals surface area contributed by atoms with Crippen molar-refractivity contribution in [1.82, 2.24) is 0 Å². The Labute approximate surface area is 107 Å². The smallest absolute Gasteiger partial charge is 0.194 e. The largest absolute Gasteiger partial charge is 0.289 e. The van der Waals surface area contributed by atoms with Crippen LogP contribution < -0.4 is 0 Å². The summed E-state index contributed by atoms with van der Waals surface area (Å²) in [6, 6.07) is 11.3. The summed E-state index contributed by atoms with van der Waals surface area (Å²) >= 11 is 3.26. The average molecular weight is 293 g/mol. The Kier molecular flexibility index (Phi) is 3.38. The van der Waals surface area contributed by atoms with Crippen LogP contribution in [0, 0.1) is 12.7 Å². The molecular formula is C14H10BrFO.